The molecule has 158 valence electrons. The van der Waals surface area contributed by atoms with Crippen LogP contribution in [0.3, 0.4) is 0 Å². The number of hydrogen-bond acceptors (Lipinski definition) is 5. The minimum absolute atomic E-state index is 0.135. The minimum atomic E-state index is -0.135. The van der Waals surface area contributed by atoms with Crippen molar-refractivity contribution in [1.82, 2.24) is 24.7 Å². The summed E-state index contributed by atoms with van der Waals surface area (Å²) >= 11 is 12.2. The average molecular weight is 448 g/mol. The predicted octanol–water partition coefficient (Wildman–Crippen LogP) is 4.13. The molecule has 4 rings (SSSR count). The van der Waals surface area contributed by atoms with Crippen LogP contribution < -0.4 is 0 Å². The zero-order valence-electron chi connectivity index (χ0n) is 16.9. The van der Waals surface area contributed by atoms with E-state index in [0.29, 0.717) is 34.5 Å². The number of rotatable bonds is 5. The summed E-state index contributed by atoms with van der Waals surface area (Å²) in [4.78, 5) is 17.0. The number of aromatic nitrogens is 3. The van der Waals surface area contributed by atoms with Gasteiger partial charge >= 0.3 is 0 Å². The van der Waals surface area contributed by atoms with Gasteiger partial charge in [-0.25, -0.2) is 0 Å². The summed E-state index contributed by atoms with van der Waals surface area (Å²) in [5.41, 5.74) is 3.37. The summed E-state index contributed by atoms with van der Waals surface area (Å²) < 4.78 is 7.37. The molecule has 1 aliphatic heterocycles. The van der Waals surface area contributed by atoms with Crippen LogP contribution in [0.4, 0.5) is 0 Å². The first kappa shape index (κ1) is 20.9. The Balaban J connectivity index is 1.37. The molecule has 0 radical (unpaired) electrons. The van der Waals surface area contributed by atoms with Gasteiger partial charge in [-0.2, -0.15) is 5.10 Å². The molecule has 0 spiro atoms. The quantitative estimate of drug-likeness (QED) is 0.587. The molecule has 1 saturated heterocycles. The molecular weight excluding hydrogens is 425 g/mol. The van der Waals surface area contributed by atoms with Gasteiger partial charge in [0.2, 0.25) is 0 Å². The Morgan fingerprint density at radius 2 is 1.93 bits per heavy atom. The average Bonchev–Trinajstić information content (AvgIpc) is 3.35. The molecule has 7 nitrogen and oxygen atoms in total. The second-order valence-electron chi connectivity index (χ2n) is 7.34. The van der Waals surface area contributed by atoms with E-state index in [2.05, 4.69) is 29.0 Å². The molecule has 1 aromatic carbocycles. The largest absolute Gasteiger partial charge is 0.355 e. The fourth-order valence-electron chi connectivity index (χ4n) is 3.66. The number of nitrogens with zero attached hydrogens (tertiary/aromatic N) is 5. The first-order chi connectivity index (χ1) is 14.5. The fourth-order valence-corrected chi connectivity index (χ4v) is 4.17. The Labute approximate surface area is 185 Å². The van der Waals surface area contributed by atoms with Gasteiger partial charge in [0.1, 0.15) is 0 Å². The van der Waals surface area contributed by atoms with E-state index >= 15 is 0 Å². The summed E-state index contributed by atoms with van der Waals surface area (Å²) in [7, 11) is 0. The molecule has 0 N–H and O–H groups in total. The van der Waals surface area contributed by atoms with Gasteiger partial charge in [0, 0.05) is 67.2 Å². The molecule has 1 fully saturated rings. The van der Waals surface area contributed by atoms with Gasteiger partial charge in [0.15, 0.2) is 11.5 Å². The van der Waals surface area contributed by atoms with Gasteiger partial charge in [-0.15, -0.1) is 0 Å². The van der Waals surface area contributed by atoms with Crippen molar-refractivity contribution in [3.8, 4) is 11.3 Å². The minimum Gasteiger partial charge on any atom is -0.355 e. The lowest BCUT2D eigenvalue weighted by atomic mass is 10.1. The number of benzene rings is 1. The highest BCUT2D eigenvalue weighted by Gasteiger charge is 2.25. The summed E-state index contributed by atoms with van der Waals surface area (Å²) in [5, 5.41) is 9.36. The molecule has 0 aliphatic carbocycles. The number of amides is 1. The molecule has 3 aromatic rings. The van der Waals surface area contributed by atoms with Crippen LogP contribution in [0.1, 0.15) is 28.7 Å². The Morgan fingerprint density at radius 1 is 1.17 bits per heavy atom. The van der Waals surface area contributed by atoms with Gasteiger partial charge in [-0.3, -0.25) is 14.4 Å². The number of carbonyl (C=O) groups excluding carboxylic acids is 1. The highest BCUT2D eigenvalue weighted by molar-refractivity contribution is 6.36. The zero-order chi connectivity index (χ0) is 21.3. The first-order valence-electron chi connectivity index (χ1n) is 9.91. The van der Waals surface area contributed by atoms with Gasteiger partial charge in [-0.05, 0) is 32.0 Å². The number of hydrogen-bond donors (Lipinski definition) is 0. The Kier molecular flexibility index (Phi) is 6.13. The number of piperazine rings is 1. The molecule has 0 atom stereocenters. The molecule has 2 aromatic heterocycles. The van der Waals surface area contributed by atoms with Crippen LogP contribution in [0.2, 0.25) is 10.0 Å². The molecule has 1 aliphatic rings. The smallest absolute Gasteiger partial charge is 0.276 e. The summed E-state index contributed by atoms with van der Waals surface area (Å²) in [6.45, 7) is 8.79. The van der Waals surface area contributed by atoms with Crippen LogP contribution in [0.25, 0.3) is 11.3 Å². The number of halogens is 2. The van der Waals surface area contributed by atoms with Crippen LogP contribution in [0.5, 0.6) is 0 Å². The van der Waals surface area contributed by atoms with E-state index in [1.807, 2.05) is 15.8 Å². The first-order valence-corrected chi connectivity index (χ1v) is 10.7. The van der Waals surface area contributed by atoms with Crippen molar-refractivity contribution >= 4 is 29.1 Å². The standard InChI is InChI=1S/C21H23Cl2N5O2/c1-3-28-14(2)15(12-24-28)13-26-6-8-27(9-7-26)21(29)19-11-20(30-25-19)17-5-4-16(22)10-18(17)23/h4-5,10-12H,3,6-9,13H2,1-2H3. The molecule has 0 unspecified atom stereocenters. The van der Waals surface area contributed by atoms with Crippen LogP contribution >= 0.6 is 23.2 Å². The van der Waals surface area contributed by atoms with Crippen molar-refractivity contribution in [1.29, 1.82) is 0 Å². The van der Waals surface area contributed by atoms with Crippen LogP contribution in [-0.2, 0) is 13.1 Å². The summed E-state index contributed by atoms with van der Waals surface area (Å²) in [6.07, 6.45) is 1.94. The van der Waals surface area contributed by atoms with E-state index in [1.54, 1.807) is 24.3 Å². The van der Waals surface area contributed by atoms with E-state index in [0.717, 1.165) is 26.2 Å². The lowest BCUT2D eigenvalue weighted by Gasteiger charge is -2.34. The van der Waals surface area contributed by atoms with Crippen molar-refractivity contribution < 1.29 is 9.32 Å². The molecule has 0 bridgehead atoms. The summed E-state index contributed by atoms with van der Waals surface area (Å²) in [5.74, 6) is 0.312. The second kappa shape index (κ2) is 8.79. The molecular formula is C21H23Cl2N5O2. The Hall–Kier alpha value is -2.35. The number of aryl methyl sites for hydroxylation is 1. The third kappa shape index (κ3) is 4.24. The van der Waals surface area contributed by atoms with Crippen LogP contribution in [0, 0.1) is 6.92 Å². The number of carbonyl (C=O) groups is 1. The topological polar surface area (TPSA) is 67.4 Å². The normalized spacial score (nSPS) is 15.0. The lowest BCUT2D eigenvalue weighted by molar-refractivity contribution is 0.0618. The van der Waals surface area contributed by atoms with E-state index in [9.17, 15) is 4.79 Å². The van der Waals surface area contributed by atoms with Crippen LogP contribution in [-0.4, -0.2) is 56.8 Å². The maximum Gasteiger partial charge on any atom is 0.276 e. The van der Waals surface area contributed by atoms with Crippen LogP contribution in [0.15, 0.2) is 35.0 Å². The van der Waals surface area contributed by atoms with Gasteiger partial charge in [0.25, 0.3) is 5.91 Å². The zero-order valence-corrected chi connectivity index (χ0v) is 18.4. The highest BCUT2D eigenvalue weighted by atomic mass is 35.5. The van der Waals surface area contributed by atoms with Gasteiger partial charge < -0.3 is 9.42 Å². The highest BCUT2D eigenvalue weighted by Crippen LogP contribution is 2.31. The lowest BCUT2D eigenvalue weighted by Crippen LogP contribution is -2.48. The summed E-state index contributed by atoms with van der Waals surface area (Å²) in [6, 6.07) is 6.73. The van der Waals surface area contributed by atoms with Crippen molar-refractivity contribution in [3.63, 3.8) is 0 Å². The molecule has 3 heterocycles. The van der Waals surface area contributed by atoms with Gasteiger partial charge in [0.05, 0.1) is 11.2 Å². The van der Waals surface area contributed by atoms with E-state index in [1.165, 1.54) is 11.3 Å². The van der Waals surface area contributed by atoms with Crippen molar-refractivity contribution in [2.75, 3.05) is 26.2 Å². The molecule has 9 heteroatoms. The molecule has 30 heavy (non-hydrogen) atoms. The molecule has 0 saturated carbocycles. The molecule has 1 amide bonds. The maximum absolute atomic E-state index is 12.9. The third-order valence-electron chi connectivity index (χ3n) is 5.48. The van der Waals surface area contributed by atoms with Crippen molar-refractivity contribution in [2.45, 2.75) is 26.9 Å². The third-order valence-corrected chi connectivity index (χ3v) is 6.03. The van der Waals surface area contributed by atoms with E-state index in [-0.39, 0.29) is 11.6 Å². The van der Waals surface area contributed by atoms with Crippen molar-refractivity contribution in [3.05, 3.63) is 57.5 Å². The Bertz CT molecular complexity index is 1050. The predicted molar refractivity (Wildman–Crippen MR) is 116 cm³/mol. The monoisotopic (exact) mass is 447 g/mol. The van der Waals surface area contributed by atoms with Gasteiger partial charge in [-0.1, -0.05) is 28.4 Å². The van der Waals surface area contributed by atoms with E-state index in [4.69, 9.17) is 27.7 Å². The Morgan fingerprint density at radius 3 is 2.60 bits per heavy atom. The van der Waals surface area contributed by atoms with Crippen molar-refractivity contribution in [2.24, 2.45) is 0 Å². The maximum atomic E-state index is 12.9. The SMILES string of the molecule is CCn1ncc(CN2CCN(C(=O)c3cc(-c4ccc(Cl)cc4Cl)on3)CC2)c1C. The fraction of sp³-hybridized carbons (Fsp3) is 0.381. The second-order valence-corrected chi connectivity index (χ2v) is 8.18. The van der Waals surface area contributed by atoms with E-state index < -0.39 is 0 Å².